The molecule has 0 aromatic heterocycles. The summed E-state index contributed by atoms with van der Waals surface area (Å²) in [6.45, 7) is 3.76. The fourth-order valence-corrected chi connectivity index (χ4v) is 2.80. The van der Waals surface area contributed by atoms with Crippen LogP contribution in [0.5, 0.6) is 28.7 Å². The van der Waals surface area contributed by atoms with Gasteiger partial charge in [-0.1, -0.05) is 6.07 Å². The number of ether oxygens (including phenoxy) is 2. The molecule has 2 atom stereocenters. The third-order valence-electron chi connectivity index (χ3n) is 3.88. The lowest BCUT2D eigenvalue weighted by molar-refractivity contribution is 0.0195. The Hall–Kier alpha value is -2.60. The summed E-state index contributed by atoms with van der Waals surface area (Å²) < 4.78 is 11.4. The molecule has 0 saturated carbocycles. The number of hydrogen-bond acceptors (Lipinski definition) is 6. The smallest absolute Gasteiger partial charge is 0.157 e. The summed E-state index contributed by atoms with van der Waals surface area (Å²) in [7, 11) is 0. The second-order valence-corrected chi connectivity index (χ2v) is 6.14. The van der Waals surface area contributed by atoms with E-state index in [9.17, 15) is 20.4 Å². The molecule has 4 N–H and O–H groups in total. The Balaban J connectivity index is 1.95. The number of aliphatic hydroxyl groups is 1. The summed E-state index contributed by atoms with van der Waals surface area (Å²) in [5, 5.41) is 39.6. The number of aliphatic hydroxyl groups excluding tert-OH is 1. The third kappa shape index (κ3) is 3.05. The summed E-state index contributed by atoms with van der Waals surface area (Å²) in [6.07, 6.45) is -1.47. The van der Waals surface area contributed by atoms with E-state index in [0.717, 1.165) is 0 Å². The van der Waals surface area contributed by atoms with Gasteiger partial charge in [-0.05, 0) is 31.5 Å². The van der Waals surface area contributed by atoms with Gasteiger partial charge >= 0.3 is 0 Å². The quantitative estimate of drug-likeness (QED) is 0.645. The van der Waals surface area contributed by atoms with Crippen LogP contribution in [0.15, 0.2) is 30.3 Å². The van der Waals surface area contributed by atoms with Gasteiger partial charge in [0, 0.05) is 24.1 Å². The van der Waals surface area contributed by atoms with E-state index in [4.69, 9.17) is 9.47 Å². The molecule has 0 fully saturated rings. The average Bonchev–Trinajstić information content (AvgIpc) is 2.50. The zero-order valence-electron chi connectivity index (χ0n) is 13.4. The summed E-state index contributed by atoms with van der Waals surface area (Å²) in [4.78, 5) is 0. The van der Waals surface area contributed by atoms with Crippen LogP contribution in [0.25, 0.3) is 0 Å². The van der Waals surface area contributed by atoms with E-state index in [1.54, 1.807) is 12.1 Å². The molecule has 0 amide bonds. The van der Waals surface area contributed by atoms with E-state index in [2.05, 4.69) is 0 Å². The number of benzene rings is 2. The van der Waals surface area contributed by atoms with Crippen LogP contribution in [0.2, 0.25) is 0 Å². The molecule has 128 valence electrons. The SMILES string of the molecule is CC(C)Oc1cc(O)c2c(c1)O[C@H](c1ccc(O)c(O)c1)[C@@H](O)C2. The van der Waals surface area contributed by atoms with Gasteiger partial charge in [-0.3, -0.25) is 0 Å². The molecule has 2 aromatic rings. The van der Waals surface area contributed by atoms with Crippen LogP contribution in [0.1, 0.15) is 31.1 Å². The fourth-order valence-electron chi connectivity index (χ4n) is 2.80. The highest BCUT2D eigenvalue weighted by Crippen LogP contribution is 2.43. The van der Waals surface area contributed by atoms with Crippen molar-refractivity contribution in [2.75, 3.05) is 0 Å². The van der Waals surface area contributed by atoms with Crippen molar-refractivity contribution in [2.24, 2.45) is 0 Å². The van der Waals surface area contributed by atoms with Gasteiger partial charge in [-0.15, -0.1) is 0 Å². The number of phenolic OH excluding ortho intramolecular Hbond substituents is 3. The van der Waals surface area contributed by atoms with E-state index in [1.165, 1.54) is 18.2 Å². The predicted molar refractivity (Wildman–Crippen MR) is 86.7 cm³/mol. The molecule has 2 aromatic carbocycles. The first-order valence-corrected chi connectivity index (χ1v) is 7.74. The Morgan fingerprint density at radius 3 is 2.46 bits per heavy atom. The van der Waals surface area contributed by atoms with Crippen molar-refractivity contribution in [1.29, 1.82) is 0 Å². The molecule has 24 heavy (non-hydrogen) atoms. The summed E-state index contributed by atoms with van der Waals surface area (Å²) >= 11 is 0. The van der Waals surface area contributed by atoms with Gasteiger partial charge in [0.15, 0.2) is 11.5 Å². The van der Waals surface area contributed by atoms with Crippen LogP contribution in [-0.4, -0.2) is 32.6 Å². The maximum atomic E-state index is 10.4. The van der Waals surface area contributed by atoms with E-state index in [0.29, 0.717) is 22.6 Å². The van der Waals surface area contributed by atoms with Crippen molar-refractivity contribution in [2.45, 2.75) is 38.6 Å². The van der Waals surface area contributed by atoms with E-state index in [1.807, 2.05) is 13.8 Å². The molecule has 3 rings (SSSR count). The van der Waals surface area contributed by atoms with Crippen molar-refractivity contribution in [3.8, 4) is 28.7 Å². The highest BCUT2D eigenvalue weighted by atomic mass is 16.5. The summed E-state index contributed by atoms with van der Waals surface area (Å²) in [5.41, 5.74) is 1.04. The average molecular weight is 332 g/mol. The van der Waals surface area contributed by atoms with Crippen LogP contribution >= 0.6 is 0 Å². The molecule has 1 heterocycles. The first-order chi connectivity index (χ1) is 11.3. The molecule has 0 aliphatic carbocycles. The Morgan fingerprint density at radius 2 is 1.79 bits per heavy atom. The predicted octanol–water partition coefficient (Wildman–Crippen LogP) is 2.63. The first-order valence-electron chi connectivity index (χ1n) is 7.74. The van der Waals surface area contributed by atoms with Crippen molar-refractivity contribution in [3.63, 3.8) is 0 Å². The lowest BCUT2D eigenvalue weighted by Gasteiger charge is -2.31. The van der Waals surface area contributed by atoms with Crippen molar-refractivity contribution < 1.29 is 29.9 Å². The molecule has 1 aliphatic rings. The van der Waals surface area contributed by atoms with Crippen molar-refractivity contribution >= 4 is 0 Å². The van der Waals surface area contributed by atoms with Gasteiger partial charge in [0.25, 0.3) is 0 Å². The highest BCUT2D eigenvalue weighted by molar-refractivity contribution is 5.52. The molecule has 0 spiro atoms. The number of fused-ring (bicyclic) bond motifs is 1. The Kier molecular flexibility index (Phi) is 4.15. The topological polar surface area (TPSA) is 99.4 Å². The highest BCUT2D eigenvalue weighted by Gasteiger charge is 2.32. The van der Waals surface area contributed by atoms with E-state index >= 15 is 0 Å². The van der Waals surface area contributed by atoms with Crippen LogP contribution < -0.4 is 9.47 Å². The molecule has 0 unspecified atom stereocenters. The van der Waals surface area contributed by atoms with Gasteiger partial charge in [0.05, 0.1) is 12.2 Å². The van der Waals surface area contributed by atoms with Gasteiger partial charge in [-0.2, -0.15) is 0 Å². The summed E-state index contributed by atoms with van der Waals surface area (Å²) in [5.74, 6) is 0.385. The monoisotopic (exact) mass is 332 g/mol. The number of rotatable bonds is 3. The second kappa shape index (κ2) is 6.13. The maximum absolute atomic E-state index is 10.4. The molecule has 0 bridgehead atoms. The Bertz CT molecular complexity index is 755. The second-order valence-electron chi connectivity index (χ2n) is 6.14. The zero-order chi connectivity index (χ0) is 17.4. The molecule has 0 saturated heterocycles. The standard InChI is InChI=1S/C18H20O6/c1-9(2)23-11-6-14(20)12-8-16(22)18(24-17(12)7-11)10-3-4-13(19)15(21)5-10/h3-7,9,16,18-22H,8H2,1-2H3/t16-,18+/m0/s1. The van der Waals surface area contributed by atoms with Gasteiger partial charge in [0.1, 0.15) is 23.4 Å². The molecule has 1 aliphatic heterocycles. The van der Waals surface area contributed by atoms with E-state index < -0.39 is 12.2 Å². The summed E-state index contributed by atoms with van der Waals surface area (Å²) in [6, 6.07) is 7.44. The first kappa shape index (κ1) is 16.3. The van der Waals surface area contributed by atoms with Gasteiger partial charge in [-0.25, -0.2) is 0 Å². The normalized spacial score (nSPS) is 19.7. The maximum Gasteiger partial charge on any atom is 0.157 e. The number of aromatic hydroxyl groups is 3. The van der Waals surface area contributed by atoms with Gasteiger partial charge in [0.2, 0.25) is 0 Å². The minimum atomic E-state index is -0.899. The number of phenols is 3. The molecular weight excluding hydrogens is 312 g/mol. The van der Waals surface area contributed by atoms with Crippen LogP contribution in [0.3, 0.4) is 0 Å². The minimum absolute atomic E-state index is 0.00852. The lowest BCUT2D eigenvalue weighted by atomic mass is 9.94. The van der Waals surface area contributed by atoms with Crippen molar-refractivity contribution in [3.05, 3.63) is 41.5 Å². The van der Waals surface area contributed by atoms with Crippen LogP contribution in [0.4, 0.5) is 0 Å². The third-order valence-corrected chi connectivity index (χ3v) is 3.88. The molecular formula is C18H20O6. The largest absolute Gasteiger partial charge is 0.507 e. The van der Waals surface area contributed by atoms with Crippen LogP contribution in [0, 0.1) is 0 Å². The van der Waals surface area contributed by atoms with Gasteiger partial charge < -0.3 is 29.9 Å². The lowest BCUT2D eigenvalue weighted by Crippen LogP contribution is -2.30. The molecule has 0 radical (unpaired) electrons. The van der Waals surface area contributed by atoms with Crippen LogP contribution in [-0.2, 0) is 6.42 Å². The number of hydrogen-bond donors (Lipinski definition) is 4. The van der Waals surface area contributed by atoms with E-state index in [-0.39, 0.29) is 29.8 Å². The van der Waals surface area contributed by atoms with Crippen molar-refractivity contribution in [1.82, 2.24) is 0 Å². The minimum Gasteiger partial charge on any atom is -0.507 e. The Labute approximate surface area is 139 Å². The fraction of sp³-hybridized carbons (Fsp3) is 0.333. The Morgan fingerprint density at radius 1 is 1.04 bits per heavy atom. The molecule has 6 heteroatoms. The zero-order valence-corrected chi connectivity index (χ0v) is 13.4. The molecule has 6 nitrogen and oxygen atoms in total.